The van der Waals surface area contributed by atoms with Gasteiger partial charge in [0.2, 0.25) is 0 Å². The molecular weight excluding hydrogens is 206 g/mol. The van der Waals surface area contributed by atoms with E-state index in [0.717, 1.165) is 30.9 Å². The summed E-state index contributed by atoms with van der Waals surface area (Å²) in [5.74, 6) is 1.30. The van der Waals surface area contributed by atoms with Crippen molar-refractivity contribution in [2.75, 3.05) is 13.2 Å². The Kier molecular flexibility index (Phi) is 2.25. The number of fused-ring (bicyclic) bond motifs is 1. The quantitative estimate of drug-likeness (QED) is 0.786. The predicted octanol–water partition coefficient (Wildman–Crippen LogP) is 1.33. The molecule has 0 aliphatic carbocycles. The molecule has 1 fully saturated rings. The first-order chi connectivity index (χ1) is 7.83. The number of aromatic hydroxyl groups is 1. The molecule has 3 heterocycles. The molecule has 0 spiro atoms. The highest BCUT2D eigenvalue weighted by atomic mass is 16.5. The van der Waals surface area contributed by atoms with Gasteiger partial charge in [-0.25, -0.2) is 9.50 Å². The Hall–Kier alpha value is -1.62. The molecule has 84 valence electrons. The average Bonchev–Trinajstić information content (AvgIpc) is 2.73. The molecule has 3 rings (SSSR count). The smallest absolute Gasteiger partial charge is 0.157 e. The van der Waals surface area contributed by atoms with Crippen LogP contribution in [0.2, 0.25) is 0 Å². The Balaban J connectivity index is 1.97. The molecule has 1 atom stereocenters. The van der Waals surface area contributed by atoms with Gasteiger partial charge < -0.3 is 9.84 Å². The molecule has 2 aromatic rings. The predicted molar refractivity (Wildman–Crippen MR) is 57.4 cm³/mol. The van der Waals surface area contributed by atoms with Gasteiger partial charge in [-0.3, -0.25) is 0 Å². The fraction of sp³-hybridized carbons (Fsp3) is 0.455. The maximum absolute atomic E-state index is 9.34. The second-order valence-electron chi connectivity index (χ2n) is 4.07. The Bertz CT molecular complexity index is 503. The van der Waals surface area contributed by atoms with E-state index in [9.17, 15) is 5.11 Å². The molecule has 0 amide bonds. The lowest BCUT2D eigenvalue weighted by Gasteiger charge is -2.18. The minimum atomic E-state index is 0.198. The van der Waals surface area contributed by atoms with E-state index >= 15 is 0 Å². The molecule has 5 heteroatoms. The highest BCUT2D eigenvalue weighted by Gasteiger charge is 2.20. The first-order valence-corrected chi connectivity index (χ1v) is 5.46. The molecule has 1 aliphatic heterocycles. The molecule has 0 bridgehead atoms. The van der Waals surface area contributed by atoms with Crippen LogP contribution in [0.1, 0.15) is 24.6 Å². The maximum Gasteiger partial charge on any atom is 0.157 e. The molecule has 2 aromatic heterocycles. The number of nitrogens with zero attached hydrogens (tertiary/aromatic N) is 3. The van der Waals surface area contributed by atoms with E-state index in [1.807, 2.05) is 0 Å². The topological polar surface area (TPSA) is 59.7 Å². The van der Waals surface area contributed by atoms with E-state index in [1.54, 1.807) is 22.8 Å². The van der Waals surface area contributed by atoms with Crippen molar-refractivity contribution in [3.63, 3.8) is 0 Å². The van der Waals surface area contributed by atoms with Gasteiger partial charge in [-0.1, -0.05) is 0 Å². The Morgan fingerprint density at radius 1 is 1.44 bits per heavy atom. The van der Waals surface area contributed by atoms with Gasteiger partial charge in [-0.05, 0) is 25.0 Å². The normalized spacial score (nSPS) is 21.4. The zero-order chi connectivity index (χ0) is 11.0. The van der Waals surface area contributed by atoms with Crippen LogP contribution in [0.3, 0.4) is 0 Å². The van der Waals surface area contributed by atoms with Gasteiger partial charge in [-0.15, -0.1) is 0 Å². The number of pyridine rings is 1. The van der Waals surface area contributed by atoms with Crippen molar-refractivity contribution < 1.29 is 9.84 Å². The van der Waals surface area contributed by atoms with Crippen molar-refractivity contribution in [3.05, 3.63) is 24.2 Å². The van der Waals surface area contributed by atoms with Crippen LogP contribution in [0.15, 0.2) is 18.3 Å². The van der Waals surface area contributed by atoms with E-state index in [-0.39, 0.29) is 11.7 Å². The summed E-state index contributed by atoms with van der Waals surface area (Å²) in [6.07, 6.45) is 3.70. The van der Waals surface area contributed by atoms with Gasteiger partial charge in [-0.2, -0.15) is 5.10 Å². The van der Waals surface area contributed by atoms with Crippen LogP contribution in [0.4, 0.5) is 0 Å². The molecule has 1 saturated heterocycles. The molecule has 5 nitrogen and oxygen atoms in total. The second-order valence-corrected chi connectivity index (χ2v) is 4.07. The van der Waals surface area contributed by atoms with Crippen molar-refractivity contribution >= 4 is 5.65 Å². The molecule has 16 heavy (non-hydrogen) atoms. The van der Waals surface area contributed by atoms with E-state index in [1.165, 1.54) is 0 Å². The summed E-state index contributed by atoms with van der Waals surface area (Å²) in [7, 11) is 0. The average molecular weight is 219 g/mol. The Morgan fingerprint density at radius 2 is 2.38 bits per heavy atom. The molecule has 1 unspecified atom stereocenters. The van der Waals surface area contributed by atoms with E-state index in [0.29, 0.717) is 6.61 Å². The van der Waals surface area contributed by atoms with Gasteiger partial charge in [0.15, 0.2) is 11.5 Å². The largest absolute Gasteiger partial charge is 0.506 e. The third-order valence-corrected chi connectivity index (χ3v) is 2.86. The minimum absolute atomic E-state index is 0.198. The molecule has 1 aliphatic rings. The van der Waals surface area contributed by atoms with Crippen molar-refractivity contribution in [1.82, 2.24) is 14.6 Å². The molecular formula is C11H13N3O2. The second kappa shape index (κ2) is 3.75. The van der Waals surface area contributed by atoms with E-state index < -0.39 is 0 Å². The SMILES string of the molecule is Oc1ccc2nc(C3CCCOC3)nn2c1. The van der Waals surface area contributed by atoms with Crippen LogP contribution in [-0.2, 0) is 4.74 Å². The summed E-state index contributed by atoms with van der Waals surface area (Å²) in [6, 6.07) is 3.38. The lowest BCUT2D eigenvalue weighted by molar-refractivity contribution is 0.0781. The molecule has 1 N–H and O–H groups in total. The van der Waals surface area contributed by atoms with Crippen molar-refractivity contribution in [1.29, 1.82) is 0 Å². The molecule has 0 aromatic carbocycles. The number of hydrogen-bond acceptors (Lipinski definition) is 4. The standard InChI is InChI=1S/C11H13N3O2/c15-9-3-4-10-12-11(13-14(10)6-9)8-2-1-5-16-7-8/h3-4,6,8,15H,1-2,5,7H2. The van der Waals surface area contributed by atoms with Gasteiger partial charge in [0.05, 0.1) is 12.8 Å². The third kappa shape index (κ3) is 1.63. The minimum Gasteiger partial charge on any atom is -0.506 e. The third-order valence-electron chi connectivity index (χ3n) is 2.86. The highest BCUT2D eigenvalue weighted by Crippen LogP contribution is 2.23. The fourth-order valence-electron chi connectivity index (χ4n) is 2.01. The summed E-state index contributed by atoms with van der Waals surface area (Å²) in [5, 5.41) is 13.7. The van der Waals surface area contributed by atoms with Crippen LogP contribution in [0.5, 0.6) is 5.75 Å². The molecule has 0 saturated carbocycles. The van der Waals surface area contributed by atoms with Gasteiger partial charge in [0.1, 0.15) is 5.75 Å². The summed E-state index contributed by atoms with van der Waals surface area (Å²) in [5.41, 5.74) is 0.762. The van der Waals surface area contributed by atoms with Crippen LogP contribution in [-0.4, -0.2) is 32.9 Å². The Labute approximate surface area is 92.7 Å². The van der Waals surface area contributed by atoms with Crippen molar-refractivity contribution in [2.24, 2.45) is 0 Å². The maximum atomic E-state index is 9.34. The number of ether oxygens (including phenoxy) is 1. The monoisotopic (exact) mass is 219 g/mol. The zero-order valence-electron chi connectivity index (χ0n) is 8.83. The van der Waals surface area contributed by atoms with Gasteiger partial charge >= 0.3 is 0 Å². The van der Waals surface area contributed by atoms with Crippen LogP contribution in [0.25, 0.3) is 5.65 Å². The van der Waals surface area contributed by atoms with Crippen molar-refractivity contribution in [3.8, 4) is 5.75 Å². The van der Waals surface area contributed by atoms with Crippen LogP contribution in [0, 0.1) is 0 Å². The van der Waals surface area contributed by atoms with Crippen molar-refractivity contribution in [2.45, 2.75) is 18.8 Å². The van der Waals surface area contributed by atoms with E-state index in [2.05, 4.69) is 10.1 Å². The van der Waals surface area contributed by atoms with E-state index in [4.69, 9.17) is 4.74 Å². The first kappa shape index (κ1) is 9.59. The zero-order valence-corrected chi connectivity index (χ0v) is 8.83. The first-order valence-electron chi connectivity index (χ1n) is 5.46. The molecule has 0 radical (unpaired) electrons. The number of rotatable bonds is 1. The van der Waals surface area contributed by atoms with Crippen LogP contribution < -0.4 is 0 Å². The summed E-state index contributed by atoms with van der Waals surface area (Å²) >= 11 is 0. The van der Waals surface area contributed by atoms with Gasteiger partial charge in [0, 0.05) is 12.5 Å². The van der Waals surface area contributed by atoms with Crippen LogP contribution >= 0.6 is 0 Å². The fourth-order valence-corrected chi connectivity index (χ4v) is 2.01. The Morgan fingerprint density at radius 3 is 3.19 bits per heavy atom. The number of hydrogen-bond donors (Lipinski definition) is 1. The summed E-state index contributed by atoms with van der Waals surface area (Å²) < 4.78 is 7.03. The summed E-state index contributed by atoms with van der Waals surface area (Å²) in [4.78, 5) is 4.44. The number of aromatic nitrogens is 3. The van der Waals surface area contributed by atoms with Gasteiger partial charge in [0.25, 0.3) is 0 Å². The lowest BCUT2D eigenvalue weighted by atomic mass is 10.0. The highest BCUT2D eigenvalue weighted by molar-refractivity contribution is 5.40. The summed E-state index contributed by atoms with van der Waals surface area (Å²) in [6.45, 7) is 1.54. The lowest BCUT2D eigenvalue weighted by Crippen LogP contribution is -2.16.